The molecule has 0 aliphatic carbocycles. The summed E-state index contributed by atoms with van der Waals surface area (Å²) in [6, 6.07) is 15.9. The largest absolute Gasteiger partial charge is 0.424 e. The molecule has 2 amide bonds. The predicted molar refractivity (Wildman–Crippen MR) is 115 cm³/mol. The van der Waals surface area contributed by atoms with Crippen molar-refractivity contribution in [2.75, 3.05) is 5.32 Å². The maximum absolute atomic E-state index is 12.4. The van der Waals surface area contributed by atoms with Crippen LogP contribution in [0, 0.1) is 6.92 Å². The number of carbonyl (C=O) groups is 2. The second-order valence-corrected chi connectivity index (χ2v) is 6.57. The fraction of sp³-hybridized carbons (Fsp3) is 0.130. The van der Waals surface area contributed by atoms with E-state index >= 15 is 0 Å². The number of hydrogen-bond donors (Lipinski definition) is 2. The van der Waals surface area contributed by atoms with Gasteiger partial charge >= 0.3 is 6.01 Å². The molecule has 7 heteroatoms. The number of aromatic nitrogens is 2. The highest BCUT2D eigenvalue weighted by Gasteiger charge is 2.15. The lowest BCUT2D eigenvalue weighted by molar-refractivity contribution is -0.123. The van der Waals surface area contributed by atoms with Gasteiger partial charge in [-0.25, -0.2) is 9.97 Å². The third-order valence-corrected chi connectivity index (χ3v) is 4.19. The Bertz CT molecular complexity index is 1040. The molecular formula is C23H22N4O3. The normalized spacial score (nSPS) is 11.7. The van der Waals surface area contributed by atoms with Crippen LogP contribution in [0.1, 0.15) is 18.1 Å². The number of amides is 2. The Morgan fingerprint density at radius 1 is 1.03 bits per heavy atom. The van der Waals surface area contributed by atoms with E-state index in [1.807, 2.05) is 37.3 Å². The van der Waals surface area contributed by atoms with E-state index in [0.29, 0.717) is 11.4 Å². The van der Waals surface area contributed by atoms with Crippen molar-refractivity contribution in [2.45, 2.75) is 19.9 Å². The molecule has 0 saturated carbocycles. The summed E-state index contributed by atoms with van der Waals surface area (Å²) in [6.07, 6.45) is 6.28. The van der Waals surface area contributed by atoms with Crippen molar-refractivity contribution < 1.29 is 14.3 Å². The summed E-state index contributed by atoms with van der Waals surface area (Å²) in [5.74, 6) is -0.103. The van der Waals surface area contributed by atoms with Gasteiger partial charge in [-0.3, -0.25) is 9.59 Å². The van der Waals surface area contributed by atoms with Crippen molar-refractivity contribution >= 4 is 23.6 Å². The first-order valence-electron chi connectivity index (χ1n) is 9.41. The van der Waals surface area contributed by atoms with Gasteiger partial charge in [-0.2, -0.15) is 0 Å². The molecule has 0 fully saturated rings. The SMILES string of the molecule is Cc1cc(Oc2ncccn2)ccc1NC(=O)C(C)NC(=O)C=Cc1ccccc1. The number of nitrogens with zero attached hydrogens (tertiary/aromatic N) is 2. The molecule has 1 heterocycles. The van der Waals surface area contributed by atoms with Crippen molar-refractivity contribution in [3.63, 3.8) is 0 Å². The van der Waals surface area contributed by atoms with Crippen LogP contribution in [-0.4, -0.2) is 27.8 Å². The van der Waals surface area contributed by atoms with Crippen molar-refractivity contribution in [3.8, 4) is 11.8 Å². The Morgan fingerprint density at radius 2 is 1.77 bits per heavy atom. The van der Waals surface area contributed by atoms with Gasteiger partial charge in [0.15, 0.2) is 0 Å². The average molecular weight is 402 g/mol. The third kappa shape index (κ3) is 6.00. The first-order valence-corrected chi connectivity index (χ1v) is 9.41. The highest BCUT2D eigenvalue weighted by atomic mass is 16.5. The van der Waals surface area contributed by atoms with E-state index in [9.17, 15) is 9.59 Å². The van der Waals surface area contributed by atoms with Gasteiger partial charge in [-0.05, 0) is 55.3 Å². The highest BCUT2D eigenvalue weighted by Crippen LogP contribution is 2.24. The number of anilines is 1. The van der Waals surface area contributed by atoms with E-state index in [1.54, 1.807) is 49.7 Å². The molecule has 152 valence electrons. The van der Waals surface area contributed by atoms with Gasteiger partial charge in [0, 0.05) is 24.2 Å². The van der Waals surface area contributed by atoms with Gasteiger partial charge < -0.3 is 15.4 Å². The average Bonchev–Trinajstić information content (AvgIpc) is 2.75. The number of ether oxygens (including phenoxy) is 1. The second-order valence-electron chi connectivity index (χ2n) is 6.57. The van der Waals surface area contributed by atoms with Gasteiger partial charge in [0.1, 0.15) is 11.8 Å². The zero-order valence-electron chi connectivity index (χ0n) is 16.7. The number of carbonyl (C=O) groups excluding carboxylic acids is 2. The van der Waals surface area contributed by atoms with Crippen LogP contribution in [0.15, 0.2) is 73.1 Å². The van der Waals surface area contributed by atoms with Crippen molar-refractivity contribution in [2.24, 2.45) is 0 Å². The van der Waals surface area contributed by atoms with Crippen LogP contribution in [0.3, 0.4) is 0 Å². The third-order valence-electron chi connectivity index (χ3n) is 4.19. The second kappa shape index (κ2) is 9.97. The van der Waals surface area contributed by atoms with E-state index in [4.69, 9.17) is 4.74 Å². The summed E-state index contributed by atoms with van der Waals surface area (Å²) in [7, 11) is 0. The van der Waals surface area contributed by atoms with E-state index in [2.05, 4.69) is 20.6 Å². The van der Waals surface area contributed by atoms with Gasteiger partial charge in [0.25, 0.3) is 0 Å². The summed E-state index contributed by atoms with van der Waals surface area (Å²) in [4.78, 5) is 32.5. The Kier molecular flexibility index (Phi) is 6.89. The van der Waals surface area contributed by atoms with Gasteiger partial charge in [-0.15, -0.1) is 0 Å². The van der Waals surface area contributed by atoms with Crippen LogP contribution in [0.5, 0.6) is 11.8 Å². The maximum Gasteiger partial charge on any atom is 0.321 e. The molecule has 2 N–H and O–H groups in total. The monoisotopic (exact) mass is 402 g/mol. The molecule has 0 saturated heterocycles. The number of nitrogens with one attached hydrogen (secondary N) is 2. The molecule has 1 unspecified atom stereocenters. The molecular weight excluding hydrogens is 380 g/mol. The van der Waals surface area contributed by atoms with Crippen molar-refractivity contribution in [1.82, 2.24) is 15.3 Å². The molecule has 0 radical (unpaired) electrons. The summed E-state index contributed by atoms with van der Waals surface area (Å²) in [5, 5.41) is 5.47. The lowest BCUT2D eigenvalue weighted by Crippen LogP contribution is -2.40. The van der Waals surface area contributed by atoms with E-state index < -0.39 is 6.04 Å². The predicted octanol–water partition coefficient (Wildman–Crippen LogP) is 3.73. The topological polar surface area (TPSA) is 93.2 Å². The van der Waals surface area contributed by atoms with Crippen LogP contribution >= 0.6 is 0 Å². The summed E-state index contributed by atoms with van der Waals surface area (Å²) < 4.78 is 5.58. The number of rotatable bonds is 7. The molecule has 7 nitrogen and oxygen atoms in total. The van der Waals surface area contributed by atoms with Gasteiger partial charge in [0.05, 0.1) is 0 Å². The van der Waals surface area contributed by atoms with Crippen molar-refractivity contribution in [1.29, 1.82) is 0 Å². The Labute approximate surface area is 174 Å². The minimum atomic E-state index is -0.703. The molecule has 3 aromatic rings. The molecule has 3 rings (SSSR count). The summed E-state index contributed by atoms with van der Waals surface area (Å²) in [5.41, 5.74) is 2.34. The number of aryl methyl sites for hydroxylation is 1. The zero-order valence-corrected chi connectivity index (χ0v) is 16.7. The standard InChI is InChI=1S/C23H22N4O3/c1-16-15-19(30-23-24-13-6-14-25-23)10-11-20(16)27-22(29)17(2)26-21(28)12-9-18-7-4-3-5-8-18/h3-15,17H,1-2H3,(H,26,28)(H,27,29). The minimum absolute atomic E-state index is 0.244. The van der Waals surface area contributed by atoms with Crippen LogP contribution in [-0.2, 0) is 9.59 Å². The quantitative estimate of drug-likeness (QED) is 0.588. The summed E-state index contributed by atoms with van der Waals surface area (Å²) in [6.45, 7) is 3.48. The molecule has 2 aromatic carbocycles. The van der Waals surface area contributed by atoms with Crippen LogP contribution in [0.25, 0.3) is 6.08 Å². The van der Waals surface area contributed by atoms with Crippen LogP contribution < -0.4 is 15.4 Å². The molecule has 0 aliphatic rings. The number of benzene rings is 2. The lowest BCUT2D eigenvalue weighted by Gasteiger charge is -2.15. The first-order chi connectivity index (χ1) is 14.5. The smallest absolute Gasteiger partial charge is 0.321 e. The molecule has 1 atom stereocenters. The Morgan fingerprint density at radius 3 is 2.47 bits per heavy atom. The van der Waals surface area contributed by atoms with Crippen molar-refractivity contribution in [3.05, 3.63) is 84.2 Å². The molecule has 0 spiro atoms. The fourth-order valence-electron chi connectivity index (χ4n) is 2.59. The fourth-order valence-corrected chi connectivity index (χ4v) is 2.59. The highest BCUT2D eigenvalue weighted by molar-refractivity contribution is 6.00. The molecule has 30 heavy (non-hydrogen) atoms. The maximum atomic E-state index is 12.4. The number of hydrogen-bond acceptors (Lipinski definition) is 5. The molecule has 1 aromatic heterocycles. The van der Waals surface area contributed by atoms with E-state index in [-0.39, 0.29) is 17.8 Å². The molecule has 0 bridgehead atoms. The zero-order chi connectivity index (χ0) is 21.3. The van der Waals surface area contributed by atoms with Gasteiger partial charge in [0.2, 0.25) is 11.8 Å². The minimum Gasteiger partial charge on any atom is -0.424 e. The van der Waals surface area contributed by atoms with E-state index in [1.165, 1.54) is 6.08 Å². The molecule has 0 aliphatic heterocycles. The van der Waals surface area contributed by atoms with E-state index in [0.717, 1.165) is 11.1 Å². The van der Waals surface area contributed by atoms with Crippen LogP contribution in [0.2, 0.25) is 0 Å². The lowest BCUT2D eigenvalue weighted by atomic mass is 10.1. The Hall–Kier alpha value is -4.00. The summed E-state index contributed by atoms with van der Waals surface area (Å²) >= 11 is 0. The van der Waals surface area contributed by atoms with Gasteiger partial charge in [-0.1, -0.05) is 30.3 Å². The first kappa shape index (κ1) is 20.7. The van der Waals surface area contributed by atoms with Crippen LogP contribution in [0.4, 0.5) is 5.69 Å². The Balaban J connectivity index is 1.55.